The predicted molar refractivity (Wildman–Crippen MR) is 82.6 cm³/mol. The fraction of sp³-hybridized carbons (Fsp3) is 0.750. The van der Waals surface area contributed by atoms with E-state index >= 15 is 0 Å². The summed E-state index contributed by atoms with van der Waals surface area (Å²) in [5.41, 5.74) is 1.38. The molecule has 0 aromatic carbocycles. The Morgan fingerprint density at radius 1 is 1.29 bits per heavy atom. The van der Waals surface area contributed by atoms with Gasteiger partial charge in [0.25, 0.3) is 5.91 Å². The van der Waals surface area contributed by atoms with Crippen molar-refractivity contribution in [3.63, 3.8) is 0 Å². The van der Waals surface area contributed by atoms with E-state index in [4.69, 9.17) is 4.52 Å². The van der Waals surface area contributed by atoms with Gasteiger partial charge in [0, 0.05) is 25.6 Å². The SMILES string of the molecule is CCCN1CCCN(C(=O)c2c(C)noc2C(C)C)CC1. The number of rotatable bonds is 4. The van der Waals surface area contributed by atoms with E-state index in [1.807, 2.05) is 25.7 Å². The molecule has 2 heterocycles. The van der Waals surface area contributed by atoms with Gasteiger partial charge < -0.3 is 14.3 Å². The third kappa shape index (κ3) is 3.64. The van der Waals surface area contributed by atoms with Gasteiger partial charge in [-0.25, -0.2) is 0 Å². The molecule has 1 aromatic rings. The summed E-state index contributed by atoms with van der Waals surface area (Å²) < 4.78 is 5.35. The van der Waals surface area contributed by atoms with Crippen molar-refractivity contribution in [2.24, 2.45) is 0 Å². The van der Waals surface area contributed by atoms with Crippen LogP contribution in [0.2, 0.25) is 0 Å². The molecule has 1 fully saturated rings. The molecule has 0 saturated carbocycles. The zero-order valence-electron chi connectivity index (χ0n) is 13.7. The van der Waals surface area contributed by atoms with E-state index in [0.717, 1.165) is 45.6 Å². The third-order valence-corrected chi connectivity index (χ3v) is 4.04. The third-order valence-electron chi connectivity index (χ3n) is 4.04. The van der Waals surface area contributed by atoms with Gasteiger partial charge in [0.1, 0.15) is 5.56 Å². The first-order valence-electron chi connectivity index (χ1n) is 8.02. The minimum atomic E-state index is 0.0794. The van der Waals surface area contributed by atoms with Gasteiger partial charge in [0.15, 0.2) is 5.76 Å². The first kappa shape index (κ1) is 16.0. The van der Waals surface area contributed by atoms with Crippen molar-refractivity contribution in [2.45, 2.75) is 46.5 Å². The molecule has 0 bridgehead atoms. The molecular formula is C16H27N3O2. The van der Waals surface area contributed by atoms with Crippen molar-refractivity contribution in [3.05, 3.63) is 17.0 Å². The van der Waals surface area contributed by atoms with Crippen molar-refractivity contribution in [3.8, 4) is 0 Å². The van der Waals surface area contributed by atoms with Crippen LogP contribution in [-0.2, 0) is 0 Å². The second kappa shape index (κ2) is 7.07. The summed E-state index contributed by atoms with van der Waals surface area (Å²) in [6.07, 6.45) is 2.20. The number of nitrogens with zero attached hydrogens (tertiary/aromatic N) is 3. The largest absolute Gasteiger partial charge is 0.360 e. The highest BCUT2D eigenvalue weighted by molar-refractivity contribution is 5.96. The van der Waals surface area contributed by atoms with Crippen molar-refractivity contribution in [1.29, 1.82) is 0 Å². The summed E-state index contributed by atoms with van der Waals surface area (Å²) in [7, 11) is 0. The molecule has 5 nitrogen and oxygen atoms in total. The molecule has 1 saturated heterocycles. The summed E-state index contributed by atoms with van der Waals surface area (Å²) in [4.78, 5) is 17.2. The van der Waals surface area contributed by atoms with Crippen LogP contribution in [0.25, 0.3) is 0 Å². The van der Waals surface area contributed by atoms with Crippen molar-refractivity contribution in [2.75, 3.05) is 32.7 Å². The van der Waals surface area contributed by atoms with Crippen LogP contribution in [0.3, 0.4) is 0 Å². The molecule has 21 heavy (non-hydrogen) atoms. The molecule has 118 valence electrons. The minimum absolute atomic E-state index is 0.0794. The molecule has 5 heteroatoms. The first-order valence-corrected chi connectivity index (χ1v) is 8.02. The number of hydrogen-bond acceptors (Lipinski definition) is 4. The van der Waals surface area contributed by atoms with E-state index in [2.05, 4.69) is 17.0 Å². The highest BCUT2D eigenvalue weighted by Gasteiger charge is 2.27. The molecule has 0 spiro atoms. The molecule has 0 atom stereocenters. The second-order valence-corrected chi connectivity index (χ2v) is 6.15. The molecule has 1 amide bonds. The number of aryl methyl sites for hydroxylation is 1. The van der Waals surface area contributed by atoms with Crippen LogP contribution < -0.4 is 0 Å². The van der Waals surface area contributed by atoms with Crippen LogP contribution in [-0.4, -0.2) is 53.6 Å². The first-order chi connectivity index (χ1) is 10.0. The maximum absolute atomic E-state index is 12.8. The van der Waals surface area contributed by atoms with Gasteiger partial charge in [0.2, 0.25) is 0 Å². The number of hydrogen-bond donors (Lipinski definition) is 0. The molecule has 1 aliphatic heterocycles. The summed E-state index contributed by atoms with van der Waals surface area (Å²) in [6.45, 7) is 12.9. The highest BCUT2D eigenvalue weighted by Crippen LogP contribution is 2.24. The lowest BCUT2D eigenvalue weighted by molar-refractivity contribution is 0.0758. The molecule has 0 unspecified atom stereocenters. The van der Waals surface area contributed by atoms with E-state index in [0.29, 0.717) is 17.0 Å². The van der Waals surface area contributed by atoms with Crippen LogP contribution in [0.1, 0.15) is 61.3 Å². The Balaban J connectivity index is 2.11. The van der Waals surface area contributed by atoms with E-state index in [1.165, 1.54) is 0 Å². The molecule has 2 rings (SSSR count). The lowest BCUT2D eigenvalue weighted by atomic mass is 10.0. The van der Waals surface area contributed by atoms with E-state index < -0.39 is 0 Å². The van der Waals surface area contributed by atoms with Crippen molar-refractivity contribution >= 4 is 5.91 Å². The van der Waals surface area contributed by atoms with E-state index in [1.54, 1.807) is 0 Å². The minimum Gasteiger partial charge on any atom is -0.360 e. The number of amides is 1. The zero-order chi connectivity index (χ0) is 15.4. The predicted octanol–water partition coefficient (Wildman–Crippen LogP) is 2.66. The van der Waals surface area contributed by atoms with Crippen molar-refractivity contribution in [1.82, 2.24) is 15.0 Å². The van der Waals surface area contributed by atoms with Crippen molar-refractivity contribution < 1.29 is 9.32 Å². The lowest BCUT2D eigenvalue weighted by Gasteiger charge is -2.22. The van der Waals surface area contributed by atoms with Crippen LogP contribution in [0.5, 0.6) is 0 Å². The summed E-state index contributed by atoms with van der Waals surface area (Å²) in [6, 6.07) is 0. The van der Waals surface area contributed by atoms with Gasteiger partial charge in [-0.2, -0.15) is 0 Å². The van der Waals surface area contributed by atoms with Crippen LogP contribution in [0.15, 0.2) is 4.52 Å². The molecule has 0 N–H and O–H groups in total. The van der Waals surface area contributed by atoms with Crippen LogP contribution >= 0.6 is 0 Å². The van der Waals surface area contributed by atoms with E-state index in [-0.39, 0.29) is 11.8 Å². The average Bonchev–Trinajstić information content (AvgIpc) is 2.68. The standard InChI is InChI=1S/C16H27N3O2/c1-5-7-18-8-6-9-19(11-10-18)16(20)14-13(4)17-21-15(14)12(2)3/h12H,5-11H2,1-4H3. The lowest BCUT2D eigenvalue weighted by Crippen LogP contribution is -2.36. The number of carbonyl (C=O) groups is 1. The Hall–Kier alpha value is -1.36. The van der Waals surface area contributed by atoms with Crippen LogP contribution in [0.4, 0.5) is 0 Å². The van der Waals surface area contributed by atoms with E-state index in [9.17, 15) is 4.79 Å². The summed E-state index contributed by atoms with van der Waals surface area (Å²) in [5, 5.41) is 3.99. The fourth-order valence-corrected chi connectivity index (χ4v) is 2.91. The maximum atomic E-state index is 12.8. The van der Waals surface area contributed by atoms with Gasteiger partial charge in [-0.05, 0) is 32.9 Å². The van der Waals surface area contributed by atoms with Gasteiger partial charge in [0.05, 0.1) is 5.69 Å². The molecule has 1 aliphatic rings. The molecule has 1 aromatic heterocycles. The van der Waals surface area contributed by atoms with Gasteiger partial charge in [-0.15, -0.1) is 0 Å². The number of aromatic nitrogens is 1. The summed E-state index contributed by atoms with van der Waals surface area (Å²) >= 11 is 0. The Kier molecular flexibility index (Phi) is 5.39. The Labute approximate surface area is 127 Å². The van der Waals surface area contributed by atoms with Gasteiger partial charge >= 0.3 is 0 Å². The fourth-order valence-electron chi connectivity index (χ4n) is 2.91. The van der Waals surface area contributed by atoms with Gasteiger partial charge in [-0.3, -0.25) is 4.79 Å². The molecular weight excluding hydrogens is 266 g/mol. The molecule has 0 aliphatic carbocycles. The normalized spacial score (nSPS) is 17.3. The number of carbonyl (C=O) groups excluding carboxylic acids is 1. The Morgan fingerprint density at radius 3 is 2.71 bits per heavy atom. The Morgan fingerprint density at radius 2 is 2.05 bits per heavy atom. The highest BCUT2D eigenvalue weighted by atomic mass is 16.5. The quantitative estimate of drug-likeness (QED) is 0.856. The average molecular weight is 293 g/mol. The van der Waals surface area contributed by atoms with Gasteiger partial charge in [-0.1, -0.05) is 25.9 Å². The van der Waals surface area contributed by atoms with Crippen LogP contribution in [0, 0.1) is 6.92 Å². The Bertz CT molecular complexity index is 482. The molecule has 0 radical (unpaired) electrons. The smallest absolute Gasteiger partial charge is 0.259 e. The zero-order valence-corrected chi connectivity index (χ0v) is 13.7. The second-order valence-electron chi connectivity index (χ2n) is 6.15. The monoisotopic (exact) mass is 293 g/mol. The summed E-state index contributed by atoms with van der Waals surface area (Å²) in [5.74, 6) is 0.969. The topological polar surface area (TPSA) is 49.6 Å². The maximum Gasteiger partial charge on any atom is 0.259 e.